The number of alkyl halides is 3. The Labute approximate surface area is 112 Å². The minimum absolute atomic E-state index is 0.0677. The average molecular weight is 281 g/mol. The molecule has 2 N–H and O–H groups in total. The van der Waals surface area contributed by atoms with Gasteiger partial charge in [0.05, 0.1) is 11.9 Å². The summed E-state index contributed by atoms with van der Waals surface area (Å²) >= 11 is 0. The van der Waals surface area contributed by atoms with E-state index in [1.807, 2.05) is 0 Å². The molecule has 0 amide bonds. The van der Waals surface area contributed by atoms with Gasteiger partial charge in [-0.25, -0.2) is 9.97 Å². The number of nitriles is 1. The smallest absolute Gasteiger partial charge is 0.369 e. The van der Waals surface area contributed by atoms with Gasteiger partial charge in [-0.3, -0.25) is 0 Å². The van der Waals surface area contributed by atoms with Crippen molar-refractivity contribution >= 4 is 5.82 Å². The van der Waals surface area contributed by atoms with Gasteiger partial charge in [-0.1, -0.05) is 0 Å². The molecule has 2 heterocycles. The van der Waals surface area contributed by atoms with Gasteiger partial charge in [0.25, 0.3) is 0 Å². The molecule has 0 aliphatic heterocycles. The van der Waals surface area contributed by atoms with Crippen molar-refractivity contribution in [1.82, 2.24) is 15.0 Å². The second-order valence-corrected chi connectivity index (χ2v) is 3.96. The molecule has 5 nitrogen and oxygen atoms in total. The number of nitrogens with zero attached hydrogens (tertiary/aromatic N) is 3. The van der Waals surface area contributed by atoms with Gasteiger partial charge < -0.3 is 10.3 Å². The van der Waals surface area contributed by atoms with Gasteiger partial charge in [0, 0.05) is 24.9 Å². The van der Waals surface area contributed by atoms with Crippen LogP contribution >= 0.6 is 0 Å². The summed E-state index contributed by atoms with van der Waals surface area (Å²) < 4.78 is 37.7. The molecule has 0 saturated heterocycles. The Morgan fingerprint density at radius 1 is 1.35 bits per heavy atom. The second-order valence-electron chi connectivity index (χ2n) is 3.96. The molecule has 8 heteroatoms. The fraction of sp³-hybridized carbons (Fsp3) is 0.250. The number of imidazole rings is 1. The highest BCUT2D eigenvalue weighted by Crippen LogP contribution is 2.29. The van der Waals surface area contributed by atoms with E-state index in [0.717, 1.165) is 17.8 Å². The van der Waals surface area contributed by atoms with Crippen molar-refractivity contribution in [3.63, 3.8) is 0 Å². The van der Waals surface area contributed by atoms with Gasteiger partial charge in [-0.15, -0.1) is 0 Å². The van der Waals surface area contributed by atoms with Crippen molar-refractivity contribution in [2.45, 2.75) is 12.6 Å². The fourth-order valence-electron chi connectivity index (χ4n) is 1.58. The van der Waals surface area contributed by atoms with Crippen molar-refractivity contribution in [1.29, 1.82) is 5.26 Å². The lowest BCUT2D eigenvalue weighted by Gasteiger charge is -2.10. The van der Waals surface area contributed by atoms with Crippen molar-refractivity contribution in [3.8, 4) is 6.07 Å². The predicted octanol–water partition coefficient (Wildman–Crippen LogP) is 2.35. The van der Waals surface area contributed by atoms with Crippen molar-refractivity contribution in [2.75, 3.05) is 11.9 Å². The summed E-state index contributed by atoms with van der Waals surface area (Å²) in [6.07, 6.45) is -0.873. The SMILES string of the molecule is N#Cc1ccc(C(F)(F)F)nc1NCCc1cnc[nH]1. The summed E-state index contributed by atoms with van der Waals surface area (Å²) in [5.41, 5.74) is -0.119. The van der Waals surface area contributed by atoms with Gasteiger partial charge in [-0.2, -0.15) is 18.4 Å². The number of aromatic nitrogens is 3. The van der Waals surface area contributed by atoms with Crippen LogP contribution in [0.15, 0.2) is 24.7 Å². The van der Waals surface area contributed by atoms with E-state index in [-0.39, 0.29) is 11.4 Å². The lowest BCUT2D eigenvalue weighted by atomic mass is 10.2. The molecule has 0 bridgehead atoms. The Hall–Kier alpha value is -2.56. The summed E-state index contributed by atoms with van der Waals surface area (Å²) in [5.74, 6) is -0.0677. The molecule has 0 saturated carbocycles. The number of hydrogen-bond donors (Lipinski definition) is 2. The lowest BCUT2D eigenvalue weighted by molar-refractivity contribution is -0.141. The van der Waals surface area contributed by atoms with E-state index in [1.165, 1.54) is 6.33 Å². The molecule has 0 aliphatic carbocycles. The Morgan fingerprint density at radius 3 is 2.75 bits per heavy atom. The van der Waals surface area contributed by atoms with Gasteiger partial charge in [0.1, 0.15) is 17.6 Å². The van der Waals surface area contributed by atoms with Crippen LogP contribution in [0.3, 0.4) is 0 Å². The Morgan fingerprint density at radius 2 is 2.15 bits per heavy atom. The first-order valence-corrected chi connectivity index (χ1v) is 5.70. The number of aromatic amines is 1. The van der Waals surface area contributed by atoms with E-state index >= 15 is 0 Å². The van der Waals surface area contributed by atoms with Crippen LogP contribution in [-0.2, 0) is 12.6 Å². The first kappa shape index (κ1) is 13.9. The molecule has 0 atom stereocenters. The summed E-state index contributed by atoms with van der Waals surface area (Å²) in [6.45, 7) is 0.338. The van der Waals surface area contributed by atoms with E-state index in [2.05, 4.69) is 20.3 Å². The molecule has 0 aromatic carbocycles. The predicted molar refractivity (Wildman–Crippen MR) is 64.7 cm³/mol. The molecule has 0 spiro atoms. The standard InChI is InChI=1S/C12H10F3N5/c13-12(14,15)10-2-1-8(5-16)11(20-10)18-4-3-9-6-17-7-19-9/h1-2,6-7H,3-4H2,(H,17,19)(H,18,20). The number of rotatable bonds is 4. The quantitative estimate of drug-likeness (QED) is 0.901. The zero-order chi connectivity index (χ0) is 14.6. The van der Waals surface area contributed by atoms with E-state index < -0.39 is 11.9 Å². The maximum absolute atomic E-state index is 12.6. The van der Waals surface area contributed by atoms with Crippen LogP contribution in [0, 0.1) is 11.3 Å². The zero-order valence-electron chi connectivity index (χ0n) is 10.2. The first-order valence-electron chi connectivity index (χ1n) is 5.70. The van der Waals surface area contributed by atoms with E-state index in [1.54, 1.807) is 12.3 Å². The number of pyridine rings is 1. The van der Waals surface area contributed by atoms with Crippen molar-refractivity contribution in [3.05, 3.63) is 41.6 Å². The number of H-pyrrole nitrogens is 1. The highest BCUT2D eigenvalue weighted by Gasteiger charge is 2.33. The van der Waals surface area contributed by atoms with E-state index in [0.29, 0.717) is 13.0 Å². The summed E-state index contributed by atoms with van der Waals surface area (Å²) in [7, 11) is 0. The molecular formula is C12H10F3N5. The average Bonchev–Trinajstić information content (AvgIpc) is 2.90. The summed E-state index contributed by atoms with van der Waals surface area (Å²) in [5, 5.41) is 11.6. The number of halogens is 3. The van der Waals surface area contributed by atoms with Crippen LogP contribution in [0.2, 0.25) is 0 Å². The monoisotopic (exact) mass is 281 g/mol. The van der Waals surface area contributed by atoms with Crippen LogP contribution in [0.4, 0.5) is 19.0 Å². The molecule has 2 aromatic rings. The molecule has 20 heavy (non-hydrogen) atoms. The molecular weight excluding hydrogens is 271 g/mol. The summed E-state index contributed by atoms with van der Waals surface area (Å²) in [4.78, 5) is 10.1. The number of hydrogen-bond acceptors (Lipinski definition) is 4. The van der Waals surface area contributed by atoms with E-state index in [4.69, 9.17) is 5.26 Å². The largest absolute Gasteiger partial charge is 0.433 e. The fourth-order valence-corrected chi connectivity index (χ4v) is 1.58. The zero-order valence-corrected chi connectivity index (χ0v) is 10.2. The third-order valence-electron chi connectivity index (χ3n) is 2.55. The maximum Gasteiger partial charge on any atom is 0.433 e. The van der Waals surface area contributed by atoms with Crippen LogP contribution in [0.1, 0.15) is 17.0 Å². The Balaban J connectivity index is 2.11. The molecule has 0 unspecified atom stereocenters. The molecule has 2 aromatic heterocycles. The third-order valence-corrected chi connectivity index (χ3v) is 2.55. The summed E-state index contributed by atoms with van der Waals surface area (Å²) in [6, 6.07) is 3.70. The van der Waals surface area contributed by atoms with Gasteiger partial charge in [0.15, 0.2) is 0 Å². The molecule has 0 radical (unpaired) electrons. The molecule has 104 valence electrons. The number of anilines is 1. The third kappa shape index (κ3) is 3.26. The minimum Gasteiger partial charge on any atom is -0.369 e. The van der Waals surface area contributed by atoms with Crippen LogP contribution in [0.5, 0.6) is 0 Å². The first-order chi connectivity index (χ1) is 9.50. The molecule has 0 aliphatic rings. The van der Waals surface area contributed by atoms with Crippen LogP contribution < -0.4 is 5.32 Å². The normalized spacial score (nSPS) is 11.1. The second kappa shape index (κ2) is 5.61. The lowest BCUT2D eigenvalue weighted by Crippen LogP contribution is -2.13. The van der Waals surface area contributed by atoms with Crippen molar-refractivity contribution in [2.24, 2.45) is 0 Å². The van der Waals surface area contributed by atoms with Crippen LogP contribution in [-0.4, -0.2) is 21.5 Å². The molecule has 2 rings (SSSR count). The van der Waals surface area contributed by atoms with Crippen LogP contribution in [0.25, 0.3) is 0 Å². The van der Waals surface area contributed by atoms with Gasteiger partial charge >= 0.3 is 6.18 Å². The Kier molecular flexibility index (Phi) is 3.89. The maximum atomic E-state index is 12.6. The van der Waals surface area contributed by atoms with E-state index in [9.17, 15) is 13.2 Å². The Bertz CT molecular complexity index is 613. The van der Waals surface area contributed by atoms with Gasteiger partial charge in [-0.05, 0) is 12.1 Å². The topological polar surface area (TPSA) is 77.4 Å². The molecule has 0 fully saturated rings. The minimum atomic E-state index is -4.53. The van der Waals surface area contributed by atoms with Crippen molar-refractivity contribution < 1.29 is 13.2 Å². The van der Waals surface area contributed by atoms with Gasteiger partial charge in [0.2, 0.25) is 0 Å². The highest BCUT2D eigenvalue weighted by atomic mass is 19.4. The number of nitrogens with one attached hydrogen (secondary N) is 2. The highest BCUT2D eigenvalue weighted by molar-refractivity contribution is 5.52.